The van der Waals surface area contributed by atoms with E-state index in [2.05, 4.69) is 65.7 Å². The zero-order valence-corrected chi connectivity index (χ0v) is 24.9. The van der Waals surface area contributed by atoms with Gasteiger partial charge in [0, 0.05) is 6.42 Å². The molecular weight excluding hydrogens is 448 g/mol. The molecule has 2 heteroatoms. The molecule has 0 bridgehead atoms. The Morgan fingerprint density at radius 3 is 1.43 bits per heavy atom. The van der Waals surface area contributed by atoms with Crippen molar-refractivity contribution in [1.29, 1.82) is 0 Å². The molecule has 0 spiro atoms. The standard InChI is InChI=1S/C35H61N2/c1-3-5-7-9-11-13-15-17-19-21-26-30-35-36(32-33-37(35)34-28-24-23-25-29-34)31-27-22-20-18-16-14-12-10-8-6-4-2/h23-25,28-29,32-33H,3-22,26-27,30-31H2,1-2H3/q+1. The summed E-state index contributed by atoms with van der Waals surface area (Å²) in [5.74, 6) is 1.49. The molecular formula is C35H61N2+. The number of aromatic nitrogens is 2. The van der Waals surface area contributed by atoms with Crippen LogP contribution in [0.5, 0.6) is 0 Å². The van der Waals surface area contributed by atoms with Crippen molar-refractivity contribution in [2.45, 2.75) is 168 Å². The molecule has 0 aliphatic carbocycles. The fraction of sp³-hybridized carbons (Fsp3) is 0.743. The minimum atomic E-state index is 1.17. The largest absolute Gasteiger partial charge is 0.261 e. The Morgan fingerprint density at radius 2 is 0.946 bits per heavy atom. The van der Waals surface area contributed by atoms with Crippen LogP contribution in [0.15, 0.2) is 42.7 Å². The number of benzene rings is 1. The second kappa shape index (κ2) is 22.4. The first-order valence-corrected chi connectivity index (χ1v) is 16.5. The molecule has 2 rings (SSSR count). The quantitative estimate of drug-likeness (QED) is 0.0929. The lowest BCUT2D eigenvalue weighted by Crippen LogP contribution is -2.37. The first kappa shape index (κ1) is 31.6. The van der Waals surface area contributed by atoms with Crippen LogP contribution in [0, 0.1) is 0 Å². The van der Waals surface area contributed by atoms with E-state index in [-0.39, 0.29) is 0 Å². The smallest absolute Gasteiger partial charge is 0.234 e. The van der Waals surface area contributed by atoms with Crippen molar-refractivity contribution in [3.63, 3.8) is 0 Å². The zero-order valence-electron chi connectivity index (χ0n) is 24.9. The minimum absolute atomic E-state index is 1.17. The Morgan fingerprint density at radius 1 is 0.514 bits per heavy atom. The molecule has 0 amide bonds. The van der Waals surface area contributed by atoms with Gasteiger partial charge in [0.05, 0.1) is 6.54 Å². The van der Waals surface area contributed by atoms with Crippen LogP contribution in [-0.2, 0) is 13.0 Å². The number of rotatable bonds is 25. The molecule has 0 saturated carbocycles. The maximum Gasteiger partial charge on any atom is 0.261 e. The van der Waals surface area contributed by atoms with E-state index in [1.807, 2.05) is 0 Å². The summed E-state index contributed by atoms with van der Waals surface area (Å²) in [5, 5.41) is 0. The van der Waals surface area contributed by atoms with Gasteiger partial charge in [0.2, 0.25) is 0 Å². The maximum atomic E-state index is 2.55. The Bertz CT molecular complexity index is 748. The molecule has 0 fully saturated rings. The van der Waals surface area contributed by atoms with E-state index in [9.17, 15) is 0 Å². The van der Waals surface area contributed by atoms with E-state index in [0.717, 1.165) is 0 Å². The highest BCUT2D eigenvalue weighted by molar-refractivity contribution is 5.31. The van der Waals surface area contributed by atoms with E-state index in [4.69, 9.17) is 0 Å². The van der Waals surface area contributed by atoms with Gasteiger partial charge in [-0.15, -0.1) is 0 Å². The SMILES string of the molecule is CCCCCCCCCCCCCc1n(-c2ccccc2)cc[n+]1CCCCCCCCCCCCC. The molecule has 0 atom stereocenters. The summed E-state index contributed by atoms with van der Waals surface area (Å²) >= 11 is 0. The van der Waals surface area contributed by atoms with Gasteiger partial charge >= 0.3 is 0 Å². The van der Waals surface area contributed by atoms with Crippen molar-refractivity contribution in [1.82, 2.24) is 4.57 Å². The summed E-state index contributed by atoms with van der Waals surface area (Å²) in [6.45, 7) is 5.78. The molecule has 2 aromatic rings. The van der Waals surface area contributed by atoms with Crippen LogP contribution in [0.25, 0.3) is 5.69 Å². The fourth-order valence-corrected chi connectivity index (χ4v) is 5.64. The van der Waals surface area contributed by atoms with Gasteiger partial charge in [-0.05, 0) is 31.4 Å². The molecule has 0 aliphatic heterocycles. The second-order valence-electron chi connectivity index (χ2n) is 11.4. The lowest BCUT2D eigenvalue weighted by atomic mass is 10.0. The van der Waals surface area contributed by atoms with E-state index >= 15 is 0 Å². The number of hydrogen-bond acceptors (Lipinski definition) is 0. The van der Waals surface area contributed by atoms with Gasteiger partial charge in [-0.2, -0.15) is 4.57 Å². The van der Waals surface area contributed by atoms with Crippen molar-refractivity contribution >= 4 is 0 Å². The molecule has 1 aromatic carbocycles. The van der Waals surface area contributed by atoms with E-state index in [0.29, 0.717) is 0 Å². The lowest BCUT2D eigenvalue weighted by molar-refractivity contribution is -0.704. The molecule has 0 N–H and O–H groups in total. The summed E-state index contributed by atoms with van der Waals surface area (Å²) in [4.78, 5) is 0. The number of aryl methyl sites for hydroxylation is 1. The molecule has 2 nitrogen and oxygen atoms in total. The monoisotopic (exact) mass is 509 g/mol. The van der Waals surface area contributed by atoms with E-state index < -0.39 is 0 Å². The van der Waals surface area contributed by atoms with Crippen LogP contribution >= 0.6 is 0 Å². The number of para-hydroxylation sites is 1. The Labute approximate surface area is 231 Å². The lowest BCUT2D eigenvalue weighted by Gasteiger charge is -2.07. The third kappa shape index (κ3) is 14.8. The maximum absolute atomic E-state index is 2.55. The molecule has 0 aliphatic rings. The highest BCUT2D eigenvalue weighted by atomic mass is 15.1. The molecule has 0 unspecified atom stereocenters. The number of imidazole rings is 1. The Balaban J connectivity index is 1.66. The zero-order chi connectivity index (χ0) is 26.2. The van der Waals surface area contributed by atoms with Gasteiger partial charge in [0.1, 0.15) is 18.1 Å². The molecule has 37 heavy (non-hydrogen) atoms. The Kier molecular flexibility index (Phi) is 19.2. The van der Waals surface area contributed by atoms with Crippen LogP contribution in [0.4, 0.5) is 0 Å². The van der Waals surface area contributed by atoms with Crippen LogP contribution in [0.3, 0.4) is 0 Å². The summed E-state index contributed by atoms with van der Waals surface area (Å²) < 4.78 is 4.99. The van der Waals surface area contributed by atoms with Gasteiger partial charge < -0.3 is 0 Å². The second-order valence-corrected chi connectivity index (χ2v) is 11.4. The topological polar surface area (TPSA) is 8.81 Å². The van der Waals surface area contributed by atoms with E-state index in [1.54, 1.807) is 0 Å². The number of unbranched alkanes of at least 4 members (excludes halogenated alkanes) is 20. The van der Waals surface area contributed by atoms with Gasteiger partial charge in [-0.1, -0.05) is 154 Å². The number of nitrogens with zero attached hydrogens (tertiary/aromatic N) is 2. The van der Waals surface area contributed by atoms with Crippen molar-refractivity contribution in [3.8, 4) is 5.69 Å². The van der Waals surface area contributed by atoms with Crippen LogP contribution in [0.1, 0.15) is 161 Å². The highest BCUT2D eigenvalue weighted by Gasteiger charge is 2.18. The molecule has 0 radical (unpaired) electrons. The first-order valence-electron chi connectivity index (χ1n) is 16.5. The van der Waals surface area contributed by atoms with Gasteiger partial charge in [-0.3, -0.25) is 0 Å². The summed E-state index contributed by atoms with van der Waals surface area (Å²) in [6.07, 6.45) is 36.8. The third-order valence-corrected chi connectivity index (χ3v) is 8.05. The van der Waals surface area contributed by atoms with Crippen molar-refractivity contribution in [3.05, 3.63) is 48.5 Å². The van der Waals surface area contributed by atoms with E-state index in [1.165, 1.54) is 166 Å². The summed E-state index contributed by atoms with van der Waals surface area (Å²) in [5.41, 5.74) is 1.30. The van der Waals surface area contributed by atoms with Crippen LogP contribution in [-0.4, -0.2) is 4.57 Å². The van der Waals surface area contributed by atoms with Crippen LogP contribution in [0.2, 0.25) is 0 Å². The van der Waals surface area contributed by atoms with Gasteiger partial charge in [0.15, 0.2) is 0 Å². The first-order chi connectivity index (χ1) is 18.4. The predicted molar refractivity (Wildman–Crippen MR) is 163 cm³/mol. The minimum Gasteiger partial charge on any atom is -0.234 e. The van der Waals surface area contributed by atoms with Crippen LogP contribution < -0.4 is 4.57 Å². The number of hydrogen-bond donors (Lipinski definition) is 0. The average Bonchev–Trinajstić information content (AvgIpc) is 3.33. The fourth-order valence-electron chi connectivity index (χ4n) is 5.64. The normalized spacial score (nSPS) is 11.4. The van der Waals surface area contributed by atoms with Gasteiger partial charge in [-0.25, -0.2) is 4.57 Å². The highest BCUT2D eigenvalue weighted by Crippen LogP contribution is 2.16. The van der Waals surface area contributed by atoms with Crippen molar-refractivity contribution in [2.75, 3.05) is 0 Å². The van der Waals surface area contributed by atoms with Gasteiger partial charge in [0.25, 0.3) is 5.82 Å². The predicted octanol–water partition coefficient (Wildman–Crippen LogP) is 10.9. The molecule has 1 heterocycles. The molecule has 1 aromatic heterocycles. The summed E-state index contributed by atoms with van der Waals surface area (Å²) in [7, 11) is 0. The molecule has 210 valence electrons. The third-order valence-electron chi connectivity index (χ3n) is 8.05. The molecule has 0 saturated heterocycles. The summed E-state index contributed by atoms with van der Waals surface area (Å²) in [6, 6.07) is 10.9. The van der Waals surface area contributed by atoms with Crippen molar-refractivity contribution < 1.29 is 4.57 Å². The average molecular weight is 510 g/mol. The van der Waals surface area contributed by atoms with Crippen molar-refractivity contribution in [2.24, 2.45) is 0 Å². The Hall–Kier alpha value is -1.57.